The standard InChI is InChI=1S/C13H16N2O3S/c16-7-1-2-11-3-4-12(19-11)10-14-13(17)15-5-8-18-9-6-15/h3-4,16H,5-10H2,(H,14,17). The van der Waals surface area contributed by atoms with E-state index in [9.17, 15) is 4.79 Å². The maximum Gasteiger partial charge on any atom is 0.317 e. The van der Waals surface area contributed by atoms with E-state index in [1.165, 1.54) is 11.3 Å². The molecule has 1 aromatic heterocycles. The van der Waals surface area contributed by atoms with Gasteiger partial charge in [0.05, 0.1) is 24.6 Å². The normalized spacial score (nSPS) is 14.7. The Morgan fingerprint density at radius 1 is 1.47 bits per heavy atom. The Morgan fingerprint density at radius 3 is 3.00 bits per heavy atom. The van der Waals surface area contributed by atoms with Crippen LogP contribution in [0.1, 0.15) is 9.75 Å². The summed E-state index contributed by atoms with van der Waals surface area (Å²) >= 11 is 1.52. The molecule has 1 fully saturated rings. The van der Waals surface area contributed by atoms with Crippen molar-refractivity contribution in [3.63, 3.8) is 0 Å². The summed E-state index contributed by atoms with van der Waals surface area (Å²) in [6, 6.07) is 3.77. The molecule has 1 aliphatic heterocycles. The van der Waals surface area contributed by atoms with Crippen molar-refractivity contribution in [1.82, 2.24) is 10.2 Å². The SMILES string of the molecule is O=C(NCc1ccc(C#CCO)s1)N1CCOCC1. The maximum absolute atomic E-state index is 11.9. The summed E-state index contributed by atoms with van der Waals surface area (Å²) < 4.78 is 5.20. The third-order valence-electron chi connectivity index (χ3n) is 2.66. The highest BCUT2D eigenvalue weighted by atomic mass is 32.1. The van der Waals surface area contributed by atoms with Gasteiger partial charge in [0, 0.05) is 18.0 Å². The second-order valence-corrected chi connectivity index (χ2v) is 5.15. The lowest BCUT2D eigenvalue weighted by atomic mass is 10.4. The van der Waals surface area contributed by atoms with Crippen LogP contribution in [-0.4, -0.2) is 48.9 Å². The number of nitrogens with one attached hydrogen (secondary N) is 1. The van der Waals surface area contributed by atoms with Gasteiger partial charge in [-0.05, 0) is 12.1 Å². The Labute approximate surface area is 116 Å². The van der Waals surface area contributed by atoms with Gasteiger partial charge in [-0.3, -0.25) is 0 Å². The molecule has 0 radical (unpaired) electrons. The summed E-state index contributed by atoms with van der Waals surface area (Å²) in [5.41, 5.74) is 0. The molecule has 1 saturated heterocycles. The molecule has 0 aliphatic carbocycles. The number of carbonyl (C=O) groups excluding carboxylic acids is 1. The van der Waals surface area contributed by atoms with Crippen LogP contribution >= 0.6 is 11.3 Å². The van der Waals surface area contributed by atoms with E-state index < -0.39 is 0 Å². The summed E-state index contributed by atoms with van der Waals surface area (Å²) in [4.78, 5) is 15.5. The van der Waals surface area contributed by atoms with Crippen molar-refractivity contribution in [3.05, 3.63) is 21.9 Å². The van der Waals surface area contributed by atoms with E-state index in [4.69, 9.17) is 9.84 Å². The monoisotopic (exact) mass is 280 g/mol. The molecule has 2 amide bonds. The number of aliphatic hydroxyl groups excluding tert-OH is 1. The lowest BCUT2D eigenvalue weighted by molar-refractivity contribution is 0.0531. The first kappa shape index (κ1) is 13.9. The number of hydrogen-bond donors (Lipinski definition) is 2. The molecule has 0 bridgehead atoms. The van der Waals surface area contributed by atoms with Crippen LogP contribution in [0.2, 0.25) is 0 Å². The van der Waals surface area contributed by atoms with Crippen molar-refractivity contribution in [2.75, 3.05) is 32.9 Å². The lowest BCUT2D eigenvalue weighted by Gasteiger charge is -2.26. The van der Waals surface area contributed by atoms with Gasteiger partial charge < -0.3 is 20.1 Å². The second kappa shape index (κ2) is 7.14. The fraction of sp³-hybridized carbons (Fsp3) is 0.462. The van der Waals surface area contributed by atoms with Crippen molar-refractivity contribution in [2.24, 2.45) is 0 Å². The van der Waals surface area contributed by atoms with E-state index in [0.29, 0.717) is 32.8 Å². The predicted octanol–water partition coefficient (Wildman–Crippen LogP) is 0.634. The molecule has 0 aromatic carbocycles. The van der Waals surface area contributed by atoms with Gasteiger partial charge in [0.2, 0.25) is 0 Å². The zero-order valence-electron chi connectivity index (χ0n) is 10.5. The number of aliphatic hydroxyl groups is 1. The van der Waals surface area contributed by atoms with E-state index in [1.807, 2.05) is 12.1 Å². The van der Waals surface area contributed by atoms with Crippen LogP contribution in [0.25, 0.3) is 0 Å². The molecule has 0 unspecified atom stereocenters. The average Bonchev–Trinajstić information content (AvgIpc) is 2.91. The number of hydrogen-bond acceptors (Lipinski definition) is 4. The highest BCUT2D eigenvalue weighted by Crippen LogP contribution is 2.15. The minimum Gasteiger partial charge on any atom is -0.384 e. The molecular formula is C13H16N2O3S. The molecule has 6 heteroatoms. The van der Waals surface area contributed by atoms with Crippen molar-refractivity contribution < 1.29 is 14.6 Å². The van der Waals surface area contributed by atoms with E-state index in [0.717, 1.165) is 9.75 Å². The van der Waals surface area contributed by atoms with Gasteiger partial charge in [-0.15, -0.1) is 11.3 Å². The zero-order valence-corrected chi connectivity index (χ0v) is 11.3. The Balaban J connectivity index is 1.81. The quantitative estimate of drug-likeness (QED) is 0.781. The smallest absolute Gasteiger partial charge is 0.317 e. The second-order valence-electron chi connectivity index (χ2n) is 3.98. The van der Waals surface area contributed by atoms with Gasteiger partial charge in [-0.1, -0.05) is 11.8 Å². The number of morpholine rings is 1. The fourth-order valence-electron chi connectivity index (χ4n) is 1.71. The van der Waals surface area contributed by atoms with Crippen molar-refractivity contribution in [1.29, 1.82) is 0 Å². The summed E-state index contributed by atoms with van der Waals surface area (Å²) in [5, 5.41) is 11.5. The van der Waals surface area contributed by atoms with Crippen LogP contribution < -0.4 is 5.32 Å². The number of nitrogens with zero attached hydrogens (tertiary/aromatic N) is 1. The third-order valence-corrected chi connectivity index (χ3v) is 3.67. The summed E-state index contributed by atoms with van der Waals surface area (Å²) in [6.07, 6.45) is 0. The minimum atomic E-state index is -0.138. The van der Waals surface area contributed by atoms with Crippen LogP contribution in [0.4, 0.5) is 4.79 Å². The number of rotatable bonds is 2. The molecule has 2 N–H and O–H groups in total. The Kier molecular flexibility index (Phi) is 5.21. The molecule has 1 aliphatic rings. The highest BCUT2D eigenvalue weighted by molar-refractivity contribution is 7.12. The van der Waals surface area contributed by atoms with E-state index in [2.05, 4.69) is 17.2 Å². The molecule has 102 valence electrons. The number of amides is 2. The van der Waals surface area contributed by atoms with Gasteiger partial charge in [-0.25, -0.2) is 4.79 Å². The van der Waals surface area contributed by atoms with Crippen molar-refractivity contribution in [3.8, 4) is 11.8 Å². The summed E-state index contributed by atoms with van der Waals surface area (Å²) in [6.45, 7) is 2.86. The Bertz CT molecular complexity index is 484. The average molecular weight is 280 g/mol. The number of urea groups is 1. The van der Waals surface area contributed by atoms with E-state index >= 15 is 0 Å². The molecular weight excluding hydrogens is 264 g/mol. The van der Waals surface area contributed by atoms with Gasteiger partial charge in [0.15, 0.2) is 0 Å². The number of thiophene rings is 1. The van der Waals surface area contributed by atoms with Crippen molar-refractivity contribution >= 4 is 17.4 Å². The van der Waals surface area contributed by atoms with Crippen LogP contribution in [-0.2, 0) is 11.3 Å². The number of carbonyl (C=O) groups is 1. The van der Waals surface area contributed by atoms with Crippen LogP contribution in [0.3, 0.4) is 0 Å². The Morgan fingerprint density at radius 2 is 2.26 bits per heavy atom. The molecule has 0 spiro atoms. The van der Waals surface area contributed by atoms with Gasteiger partial charge in [0.1, 0.15) is 6.61 Å². The first-order valence-corrected chi connectivity index (χ1v) is 6.90. The van der Waals surface area contributed by atoms with Crippen LogP contribution in [0.15, 0.2) is 12.1 Å². The zero-order chi connectivity index (χ0) is 13.5. The van der Waals surface area contributed by atoms with Crippen LogP contribution in [0, 0.1) is 11.8 Å². The summed E-state index contributed by atoms with van der Waals surface area (Å²) in [7, 11) is 0. The summed E-state index contributed by atoms with van der Waals surface area (Å²) in [5.74, 6) is 5.45. The number of ether oxygens (including phenoxy) is 1. The molecule has 5 nitrogen and oxygen atoms in total. The van der Waals surface area contributed by atoms with E-state index in [1.54, 1.807) is 4.90 Å². The maximum atomic E-state index is 11.9. The fourth-order valence-corrected chi connectivity index (χ4v) is 2.53. The molecule has 1 aromatic rings. The van der Waals surface area contributed by atoms with E-state index in [-0.39, 0.29) is 12.6 Å². The van der Waals surface area contributed by atoms with Gasteiger partial charge in [0.25, 0.3) is 0 Å². The first-order chi connectivity index (χ1) is 9.29. The lowest BCUT2D eigenvalue weighted by Crippen LogP contribution is -2.45. The van der Waals surface area contributed by atoms with Crippen molar-refractivity contribution in [2.45, 2.75) is 6.54 Å². The molecule has 2 heterocycles. The largest absolute Gasteiger partial charge is 0.384 e. The third kappa shape index (κ3) is 4.24. The Hall–Kier alpha value is -1.55. The molecule has 0 saturated carbocycles. The van der Waals surface area contributed by atoms with Gasteiger partial charge in [-0.2, -0.15) is 0 Å². The highest BCUT2D eigenvalue weighted by Gasteiger charge is 2.16. The van der Waals surface area contributed by atoms with Gasteiger partial charge >= 0.3 is 6.03 Å². The molecule has 2 rings (SSSR count). The first-order valence-electron chi connectivity index (χ1n) is 6.08. The molecule has 0 atom stereocenters. The molecule has 19 heavy (non-hydrogen) atoms. The minimum absolute atomic E-state index is 0.0558. The predicted molar refractivity (Wildman–Crippen MR) is 72.9 cm³/mol. The topological polar surface area (TPSA) is 61.8 Å². The van der Waals surface area contributed by atoms with Crippen LogP contribution in [0.5, 0.6) is 0 Å².